The molecule has 0 aliphatic rings. The molecular weight excluding hydrogens is 202 g/mol. The quantitative estimate of drug-likeness (QED) is 0.794. The first-order valence-corrected chi connectivity index (χ1v) is 5.75. The number of hydrogen-bond donors (Lipinski definition) is 1. The van der Waals surface area contributed by atoms with E-state index < -0.39 is 0 Å². The summed E-state index contributed by atoms with van der Waals surface area (Å²) < 4.78 is 7.46. The van der Waals surface area contributed by atoms with E-state index in [0.717, 1.165) is 12.8 Å². The number of rotatable bonds is 6. The van der Waals surface area contributed by atoms with Crippen LogP contribution in [-0.2, 0) is 18.2 Å². The highest BCUT2D eigenvalue weighted by atomic mass is 16.5. The zero-order valence-electron chi connectivity index (χ0n) is 10.9. The van der Waals surface area contributed by atoms with Crippen molar-refractivity contribution in [1.82, 2.24) is 15.1 Å². The molecule has 4 heteroatoms. The number of nitrogens with one attached hydrogen (secondary N) is 1. The van der Waals surface area contributed by atoms with Crippen LogP contribution in [0.5, 0.6) is 0 Å². The summed E-state index contributed by atoms with van der Waals surface area (Å²) in [6.45, 7) is 4.29. The molecule has 0 radical (unpaired) electrons. The zero-order chi connectivity index (χ0) is 12.2. The van der Waals surface area contributed by atoms with Gasteiger partial charge in [-0.2, -0.15) is 5.10 Å². The van der Waals surface area contributed by atoms with E-state index in [1.165, 1.54) is 5.56 Å². The Morgan fingerprint density at radius 3 is 2.69 bits per heavy atom. The molecule has 0 saturated carbocycles. The summed E-state index contributed by atoms with van der Waals surface area (Å²) in [4.78, 5) is 0. The molecule has 92 valence electrons. The van der Waals surface area contributed by atoms with E-state index in [9.17, 15) is 0 Å². The highest BCUT2D eigenvalue weighted by Gasteiger charge is 2.31. The number of ether oxygens (including phenoxy) is 1. The standard InChI is InChI=1S/C12H23N3O/c1-6-12(2,16-5)11(13-3)7-10-8-14-15(4)9-10/h8-9,11,13H,6-7H2,1-5H3. The summed E-state index contributed by atoms with van der Waals surface area (Å²) in [6, 6.07) is 0.298. The molecule has 1 N–H and O–H groups in total. The normalized spacial score (nSPS) is 17.1. The number of aromatic nitrogens is 2. The van der Waals surface area contributed by atoms with Gasteiger partial charge in [0.2, 0.25) is 0 Å². The number of nitrogens with zero attached hydrogens (tertiary/aromatic N) is 2. The molecule has 0 bridgehead atoms. The number of methoxy groups -OCH3 is 1. The Morgan fingerprint density at radius 2 is 2.31 bits per heavy atom. The third-order valence-electron chi connectivity index (χ3n) is 3.45. The summed E-state index contributed by atoms with van der Waals surface area (Å²) in [6.07, 6.45) is 5.88. The highest BCUT2D eigenvalue weighted by Crippen LogP contribution is 2.21. The van der Waals surface area contributed by atoms with Gasteiger partial charge in [0.15, 0.2) is 0 Å². The maximum atomic E-state index is 5.63. The van der Waals surface area contributed by atoms with Gasteiger partial charge in [0, 0.05) is 26.4 Å². The Labute approximate surface area is 98.0 Å². The van der Waals surface area contributed by atoms with Crippen molar-refractivity contribution in [2.75, 3.05) is 14.2 Å². The van der Waals surface area contributed by atoms with Gasteiger partial charge in [-0.3, -0.25) is 4.68 Å². The van der Waals surface area contributed by atoms with Gasteiger partial charge in [0.25, 0.3) is 0 Å². The minimum absolute atomic E-state index is 0.134. The molecule has 0 aliphatic heterocycles. The predicted octanol–water partition coefficient (Wildman–Crippen LogP) is 1.37. The topological polar surface area (TPSA) is 39.1 Å². The van der Waals surface area contributed by atoms with E-state index in [-0.39, 0.29) is 5.60 Å². The summed E-state index contributed by atoms with van der Waals surface area (Å²) in [5.41, 5.74) is 1.10. The average Bonchev–Trinajstić information content (AvgIpc) is 2.70. The van der Waals surface area contributed by atoms with Crippen molar-refractivity contribution in [2.24, 2.45) is 7.05 Å². The maximum absolute atomic E-state index is 5.63. The summed E-state index contributed by atoms with van der Waals surface area (Å²) in [7, 11) is 5.69. The third kappa shape index (κ3) is 2.83. The molecule has 0 aliphatic carbocycles. The van der Waals surface area contributed by atoms with Crippen LogP contribution in [0.15, 0.2) is 12.4 Å². The molecule has 0 amide bonds. The minimum atomic E-state index is -0.134. The molecule has 2 unspecified atom stereocenters. The van der Waals surface area contributed by atoms with Crippen molar-refractivity contribution in [2.45, 2.75) is 38.3 Å². The van der Waals surface area contributed by atoms with Crippen molar-refractivity contribution in [3.8, 4) is 0 Å². The lowest BCUT2D eigenvalue weighted by Crippen LogP contribution is -2.49. The van der Waals surface area contributed by atoms with E-state index in [1.54, 1.807) is 7.11 Å². The van der Waals surface area contributed by atoms with E-state index >= 15 is 0 Å². The molecule has 1 aromatic heterocycles. The van der Waals surface area contributed by atoms with Crippen LogP contribution < -0.4 is 5.32 Å². The van der Waals surface area contributed by atoms with Crippen molar-refractivity contribution < 1.29 is 4.74 Å². The third-order valence-corrected chi connectivity index (χ3v) is 3.45. The Morgan fingerprint density at radius 1 is 1.62 bits per heavy atom. The molecule has 4 nitrogen and oxygen atoms in total. The lowest BCUT2D eigenvalue weighted by Gasteiger charge is -2.35. The van der Waals surface area contributed by atoms with Crippen LogP contribution in [0.2, 0.25) is 0 Å². The average molecular weight is 225 g/mol. The largest absolute Gasteiger partial charge is 0.377 e. The first-order chi connectivity index (χ1) is 7.55. The van der Waals surface area contributed by atoms with Crippen LogP contribution >= 0.6 is 0 Å². The predicted molar refractivity (Wildman–Crippen MR) is 65.5 cm³/mol. The smallest absolute Gasteiger partial charge is 0.0803 e. The lowest BCUT2D eigenvalue weighted by atomic mass is 9.89. The van der Waals surface area contributed by atoms with Gasteiger partial charge in [-0.05, 0) is 32.4 Å². The van der Waals surface area contributed by atoms with E-state index in [4.69, 9.17) is 4.74 Å². The molecule has 0 fully saturated rings. The summed E-state index contributed by atoms with van der Waals surface area (Å²) >= 11 is 0. The molecule has 2 atom stereocenters. The van der Waals surface area contributed by atoms with Crippen LogP contribution in [0, 0.1) is 0 Å². The Balaban J connectivity index is 2.75. The monoisotopic (exact) mass is 225 g/mol. The number of aryl methyl sites for hydroxylation is 1. The Bertz CT molecular complexity index is 318. The van der Waals surface area contributed by atoms with Gasteiger partial charge >= 0.3 is 0 Å². The highest BCUT2D eigenvalue weighted by molar-refractivity contribution is 5.08. The van der Waals surface area contributed by atoms with Gasteiger partial charge in [0.05, 0.1) is 11.8 Å². The molecule has 0 spiro atoms. The van der Waals surface area contributed by atoms with Crippen LogP contribution in [0.25, 0.3) is 0 Å². The van der Waals surface area contributed by atoms with Gasteiger partial charge < -0.3 is 10.1 Å². The van der Waals surface area contributed by atoms with Crippen molar-refractivity contribution >= 4 is 0 Å². The van der Waals surface area contributed by atoms with Crippen molar-refractivity contribution in [1.29, 1.82) is 0 Å². The van der Waals surface area contributed by atoms with Gasteiger partial charge in [-0.1, -0.05) is 6.92 Å². The minimum Gasteiger partial charge on any atom is -0.377 e. The number of likely N-dealkylation sites (N-methyl/N-ethyl adjacent to an activating group) is 1. The molecule has 0 aromatic carbocycles. The molecule has 1 heterocycles. The summed E-state index contributed by atoms with van der Waals surface area (Å²) in [5.74, 6) is 0. The summed E-state index contributed by atoms with van der Waals surface area (Å²) in [5, 5.41) is 7.53. The first-order valence-electron chi connectivity index (χ1n) is 5.75. The molecule has 1 rings (SSSR count). The zero-order valence-corrected chi connectivity index (χ0v) is 10.9. The van der Waals surface area contributed by atoms with Gasteiger partial charge in [-0.25, -0.2) is 0 Å². The van der Waals surface area contributed by atoms with Gasteiger partial charge in [-0.15, -0.1) is 0 Å². The molecular formula is C12H23N3O. The van der Waals surface area contributed by atoms with E-state index in [2.05, 4.69) is 30.5 Å². The maximum Gasteiger partial charge on any atom is 0.0803 e. The Kier molecular flexibility index (Phi) is 4.50. The van der Waals surface area contributed by atoms with Crippen LogP contribution in [-0.4, -0.2) is 35.6 Å². The molecule has 0 saturated heterocycles. The fourth-order valence-electron chi connectivity index (χ4n) is 1.97. The van der Waals surface area contributed by atoms with Crippen molar-refractivity contribution in [3.05, 3.63) is 18.0 Å². The van der Waals surface area contributed by atoms with Crippen LogP contribution in [0.4, 0.5) is 0 Å². The second-order valence-corrected chi connectivity index (χ2v) is 4.44. The Hall–Kier alpha value is -0.870. The van der Waals surface area contributed by atoms with Crippen LogP contribution in [0.3, 0.4) is 0 Å². The second-order valence-electron chi connectivity index (χ2n) is 4.44. The van der Waals surface area contributed by atoms with Crippen LogP contribution in [0.1, 0.15) is 25.8 Å². The number of hydrogen-bond acceptors (Lipinski definition) is 3. The second kappa shape index (κ2) is 5.46. The fourth-order valence-corrected chi connectivity index (χ4v) is 1.97. The van der Waals surface area contributed by atoms with E-state index in [0.29, 0.717) is 6.04 Å². The SMILES string of the molecule is CCC(C)(OC)C(Cc1cnn(C)c1)NC. The molecule has 1 aromatic rings. The van der Waals surface area contributed by atoms with E-state index in [1.807, 2.05) is 25.0 Å². The fraction of sp³-hybridized carbons (Fsp3) is 0.750. The van der Waals surface area contributed by atoms with Gasteiger partial charge in [0.1, 0.15) is 0 Å². The lowest BCUT2D eigenvalue weighted by molar-refractivity contribution is -0.0268. The van der Waals surface area contributed by atoms with Crippen molar-refractivity contribution in [3.63, 3.8) is 0 Å². The first kappa shape index (κ1) is 13.2. The molecule has 16 heavy (non-hydrogen) atoms.